The molecule has 1 unspecified atom stereocenters. The molecule has 10 aromatic carbocycles. The molecule has 0 spiro atoms. The molecule has 0 aliphatic heterocycles. The first-order valence-corrected chi connectivity index (χ1v) is 23.1. The van der Waals surface area contributed by atoms with Gasteiger partial charge in [0.1, 0.15) is 5.54 Å². The Hall–Kier alpha value is -8.18. The van der Waals surface area contributed by atoms with Gasteiger partial charge < -0.3 is 14.4 Å². The van der Waals surface area contributed by atoms with Crippen LogP contribution in [-0.4, -0.2) is 4.57 Å². The van der Waals surface area contributed by atoms with Crippen LogP contribution >= 0.6 is 11.3 Å². The van der Waals surface area contributed by atoms with E-state index in [0.717, 1.165) is 39.6 Å². The summed E-state index contributed by atoms with van der Waals surface area (Å²) < 4.78 is 4.97. The fraction of sp³-hybridized carbons (Fsp3) is 0.0164. The van der Waals surface area contributed by atoms with Crippen LogP contribution < -0.4 is 9.80 Å². The Balaban J connectivity index is 1.09. The molecule has 2 heterocycles. The number of nitrogens with zero attached hydrogens (tertiary/aromatic N) is 3. The van der Waals surface area contributed by atoms with Gasteiger partial charge in [-0.15, -0.1) is 11.3 Å². The largest absolute Gasteiger partial charge is 0.323 e. The molecule has 0 saturated heterocycles. The number of thiophene rings is 1. The molecule has 0 fully saturated rings. The summed E-state index contributed by atoms with van der Waals surface area (Å²) in [6, 6.07) is 91.5. The molecular formula is C61H41N3S. The van der Waals surface area contributed by atoms with E-state index in [2.05, 4.69) is 263 Å². The van der Waals surface area contributed by atoms with Crippen LogP contribution in [0, 0.1) is 0 Å². The highest BCUT2D eigenvalue weighted by Gasteiger charge is 2.50. The molecule has 4 heteroatoms. The Labute approximate surface area is 381 Å². The number of hydrogen-bond acceptors (Lipinski definition) is 3. The number of anilines is 5. The van der Waals surface area contributed by atoms with Crippen molar-refractivity contribution in [3.05, 3.63) is 265 Å². The van der Waals surface area contributed by atoms with Crippen LogP contribution in [0.4, 0.5) is 28.4 Å². The van der Waals surface area contributed by atoms with E-state index in [1.807, 2.05) is 11.3 Å². The molecule has 0 amide bonds. The average molecular weight is 848 g/mol. The predicted molar refractivity (Wildman–Crippen MR) is 275 cm³/mol. The van der Waals surface area contributed by atoms with Crippen molar-refractivity contribution in [2.45, 2.75) is 5.54 Å². The lowest BCUT2D eigenvalue weighted by Crippen LogP contribution is -2.44. The number of benzene rings is 10. The first-order valence-electron chi connectivity index (χ1n) is 22.3. The molecule has 1 aliphatic carbocycles. The van der Waals surface area contributed by atoms with Gasteiger partial charge >= 0.3 is 0 Å². The van der Waals surface area contributed by atoms with Gasteiger partial charge in [0.2, 0.25) is 0 Å². The summed E-state index contributed by atoms with van der Waals surface area (Å²) >= 11 is 1.86. The monoisotopic (exact) mass is 847 g/mol. The number of para-hydroxylation sites is 4. The maximum atomic E-state index is 2.61. The highest BCUT2D eigenvalue weighted by Crippen LogP contribution is 2.59. The van der Waals surface area contributed by atoms with Crippen LogP contribution in [0.1, 0.15) is 16.7 Å². The maximum Gasteiger partial charge on any atom is 0.122 e. The van der Waals surface area contributed by atoms with Crippen molar-refractivity contribution in [2.75, 3.05) is 9.80 Å². The van der Waals surface area contributed by atoms with Crippen LogP contribution in [0.3, 0.4) is 0 Å². The summed E-state index contributed by atoms with van der Waals surface area (Å²) in [5.41, 5.74) is 14.4. The predicted octanol–water partition coefficient (Wildman–Crippen LogP) is 16.7. The third kappa shape index (κ3) is 5.74. The Morgan fingerprint density at radius 3 is 1.69 bits per heavy atom. The Morgan fingerprint density at radius 1 is 0.338 bits per heavy atom. The van der Waals surface area contributed by atoms with Crippen molar-refractivity contribution < 1.29 is 0 Å². The van der Waals surface area contributed by atoms with Gasteiger partial charge in [0, 0.05) is 65.1 Å². The van der Waals surface area contributed by atoms with Crippen LogP contribution in [0.15, 0.2) is 249 Å². The van der Waals surface area contributed by atoms with Gasteiger partial charge in [-0.1, -0.05) is 164 Å². The smallest absolute Gasteiger partial charge is 0.122 e. The van der Waals surface area contributed by atoms with Crippen molar-refractivity contribution in [1.29, 1.82) is 0 Å². The van der Waals surface area contributed by atoms with E-state index in [9.17, 15) is 0 Å². The highest BCUT2D eigenvalue weighted by atomic mass is 32.1. The lowest BCUT2D eigenvalue weighted by Gasteiger charge is -2.45. The number of rotatable bonds is 8. The van der Waals surface area contributed by atoms with Crippen LogP contribution in [-0.2, 0) is 5.54 Å². The maximum absolute atomic E-state index is 2.61. The molecule has 65 heavy (non-hydrogen) atoms. The molecule has 3 nitrogen and oxygen atoms in total. The number of hydrogen-bond donors (Lipinski definition) is 0. The topological polar surface area (TPSA) is 11.4 Å². The standard InChI is InChI=1S/C61H41N3S/c1-5-19-42(20-6-1)61(64(45-25-11-4-12-26-45)48-35-38-54-53-29-15-18-32-59(53)65-60(54)41-48)55-30-16-13-27-49(55)50-36-33-46(39-56(50)61)62(43-21-7-2-8-22-43)47-34-37-52-51-28-14-17-31-57(51)63(58(52)40-47)44-23-9-3-10-24-44/h1-41H. The normalized spacial score (nSPS) is 14.2. The number of fused-ring (bicyclic) bond motifs is 9. The Morgan fingerprint density at radius 2 is 0.892 bits per heavy atom. The van der Waals surface area contributed by atoms with Gasteiger partial charge in [-0.05, 0) is 113 Å². The fourth-order valence-corrected chi connectivity index (χ4v) is 11.8. The second kappa shape index (κ2) is 15.0. The van der Waals surface area contributed by atoms with E-state index < -0.39 is 5.54 Å². The summed E-state index contributed by atoms with van der Waals surface area (Å²) in [6.07, 6.45) is 0. The van der Waals surface area contributed by atoms with Gasteiger partial charge in [0.25, 0.3) is 0 Å². The first-order chi connectivity index (χ1) is 32.3. The molecule has 0 bridgehead atoms. The SMILES string of the molecule is c1ccc(N(c2ccc3c(c2)C(c2ccccc2)(N(c2ccccc2)c2ccc4c(c2)sc2ccccc24)c2ccccc2-3)c2ccc3c4ccccc4n(-c4ccccc4)c3c2)cc1. The lowest BCUT2D eigenvalue weighted by atomic mass is 9.78. The van der Waals surface area contributed by atoms with E-state index in [-0.39, 0.29) is 0 Å². The third-order valence-electron chi connectivity index (χ3n) is 13.4. The van der Waals surface area contributed by atoms with E-state index in [1.165, 1.54) is 64.3 Å². The lowest BCUT2D eigenvalue weighted by molar-refractivity contribution is 0.644. The Bertz CT molecular complexity index is 3730. The molecule has 0 N–H and O–H groups in total. The van der Waals surface area contributed by atoms with E-state index in [4.69, 9.17) is 0 Å². The van der Waals surface area contributed by atoms with E-state index >= 15 is 0 Å². The molecular weight excluding hydrogens is 807 g/mol. The minimum absolute atomic E-state index is 0.763. The average Bonchev–Trinajstić information content (AvgIpc) is 4.01. The van der Waals surface area contributed by atoms with Crippen LogP contribution in [0.2, 0.25) is 0 Å². The van der Waals surface area contributed by atoms with Gasteiger partial charge in [0.05, 0.1) is 11.0 Å². The molecule has 12 aromatic rings. The third-order valence-corrected chi connectivity index (χ3v) is 14.5. The van der Waals surface area contributed by atoms with Crippen molar-refractivity contribution in [1.82, 2.24) is 4.57 Å². The summed E-state index contributed by atoms with van der Waals surface area (Å²) in [4.78, 5) is 5.04. The zero-order valence-electron chi connectivity index (χ0n) is 35.4. The second-order valence-corrected chi connectivity index (χ2v) is 17.9. The van der Waals surface area contributed by atoms with Gasteiger partial charge in [0.15, 0.2) is 0 Å². The summed E-state index contributed by atoms with van der Waals surface area (Å²) in [5, 5.41) is 5.05. The second-order valence-electron chi connectivity index (χ2n) is 16.9. The van der Waals surface area contributed by atoms with Gasteiger partial charge in [-0.2, -0.15) is 0 Å². The van der Waals surface area contributed by atoms with E-state index in [0.29, 0.717) is 0 Å². The van der Waals surface area contributed by atoms with Crippen LogP contribution in [0.25, 0.3) is 58.8 Å². The zero-order valence-corrected chi connectivity index (χ0v) is 36.2. The summed E-state index contributed by atoms with van der Waals surface area (Å²) in [5.74, 6) is 0. The molecule has 1 atom stereocenters. The molecule has 0 radical (unpaired) electrons. The van der Waals surface area contributed by atoms with Crippen molar-refractivity contribution in [2.24, 2.45) is 0 Å². The summed E-state index contributed by atoms with van der Waals surface area (Å²) in [7, 11) is 0. The quantitative estimate of drug-likeness (QED) is 0.151. The summed E-state index contributed by atoms with van der Waals surface area (Å²) in [6.45, 7) is 0. The van der Waals surface area contributed by atoms with Crippen LogP contribution in [0.5, 0.6) is 0 Å². The Kier molecular flexibility index (Phi) is 8.62. The number of aromatic nitrogens is 1. The molecule has 1 aliphatic rings. The minimum atomic E-state index is -0.763. The fourth-order valence-electron chi connectivity index (χ4n) is 10.7. The van der Waals surface area contributed by atoms with Crippen molar-refractivity contribution >= 4 is 81.8 Å². The van der Waals surface area contributed by atoms with Crippen molar-refractivity contribution in [3.63, 3.8) is 0 Å². The van der Waals surface area contributed by atoms with E-state index in [1.54, 1.807) is 0 Å². The zero-order chi connectivity index (χ0) is 42.9. The minimum Gasteiger partial charge on any atom is -0.323 e. The van der Waals surface area contributed by atoms with Crippen molar-refractivity contribution in [3.8, 4) is 16.8 Å². The van der Waals surface area contributed by atoms with Gasteiger partial charge in [-0.3, -0.25) is 0 Å². The molecule has 0 saturated carbocycles. The molecule has 13 rings (SSSR count). The molecule has 306 valence electrons. The van der Waals surface area contributed by atoms with Gasteiger partial charge in [-0.25, -0.2) is 0 Å². The first kappa shape index (κ1) is 37.4. The molecule has 2 aromatic heterocycles. The highest BCUT2D eigenvalue weighted by molar-refractivity contribution is 7.25.